The molecule has 94 valence electrons. The van der Waals surface area contributed by atoms with Crippen molar-refractivity contribution < 1.29 is 15.0 Å². The summed E-state index contributed by atoms with van der Waals surface area (Å²) in [4.78, 5) is 11.1. The predicted octanol–water partition coefficient (Wildman–Crippen LogP) is 1.22. The molecule has 2 unspecified atom stereocenters. The maximum absolute atomic E-state index is 11.1. The van der Waals surface area contributed by atoms with Crippen LogP contribution in [0.15, 0.2) is 30.3 Å². The summed E-state index contributed by atoms with van der Waals surface area (Å²) in [6, 6.07) is 9.16. The first kappa shape index (κ1) is 13.7. The minimum absolute atomic E-state index is 0.359. The first-order valence-electron chi connectivity index (χ1n) is 5.77. The fourth-order valence-corrected chi connectivity index (χ4v) is 1.59. The number of carbonyl (C=O) groups is 1. The summed E-state index contributed by atoms with van der Waals surface area (Å²) in [5.74, 6) is -1.37. The Morgan fingerprint density at radius 3 is 2.53 bits per heavy atom. The first-order valence-corrected chi connectivity index (χ1v) is 5.77. The average Bonchev–Trinajstić information content (AvgIpc) is 2.29. The fraction of sp³-hybridized carbons (Fsp3) is 0.462. The molecule has 4 heteroatoms. The standard InChI is InChI=1S/C13H19NO3/c1-10(15)7-8-14-9-12(13(16)17)11-5-3-2-4-6-11/h2-6,10,12,14-15H,7-9H2,1H3,(H,16,17). The molecule has 0 aliphatic heterocycles. The van der Waals surface area contributed by atoms with Crippen LogP contribution in [0.3, 0.4) is 0 Å². The van der Waals surface area contributed by atoms with Crippen LogP contribution in [0.1, 0.15) is 24.8 Å². The van der Waals surface area contributed by atoms with Crippen LogP contribution in [0.25, 0.3) is 0 Å². The smallest absolute Gasteiger partial charge is 0.312 e. The second kappa shape index (κ2) is 7.04. The van der Waals surface area contributed by atoms with Gasteiger partial charge >= 0.3 is 5.97 Å². The Kier molecular flexibility index (Phi) is 5.66. The third-order valence-electron chi connectivity index (χ3n) is 2.59. The quantitative estimate of drug-likeness (QED) is 0.624. The number of aliphatic hydroxyl groups is 1. The van der Waals surface area contributed by atoms with Crippen LogP contribution in [0, 0.1) is 0 Å². The van der Waals surface area contributed by atoms with E-state index in [0.717, 1.165) is 5.56 Å². The van der Waals surface area contributed by atoms with E-state index in [0.29, 0.717) is 19.5 Å². The van der Waals surface area contributed by atoms with E-state index in [4.69, 9.17) is 10.2 Å². The number of aliphatic carboxylic acids is 1. The van der Waals surface area contributed by atoms with Gasteiger partial charge in [0.15, 0.2) is 0 Å². The number of nitrogens with one attached hydrogen (secondary N) is 1. The lowest BCUT2D eigenvalue weighted by Gasteiger charge is -2.14. The molecule has 2 atom stereocenters. The van der Waals surface area contributed by atoms with Gasteiger partial charge in [0.2, 0.25) is 0 Å². The van der Waals surface area contributed by atoms with Gasteiger partial charge in [-0.1, -0.05) is 30.3 Å². The Morgan fingerprint density at radius 1 is 1.35 bits per heavy atom. The molecule has 0 aliphatic rings. The highest BCUT2D eigenvalue weighted by Crippen LogP contribution is 2.14. The number of rotatable bonds is 7. The average molecular weight is 237 g/mol. The molecule has 1 rings (SSSR count). The van der Waals surface area contributed by atoms with Crippen molar-refractivity contribution in [2.75, 3.05) is 13.1 Å². The van der Waals surface area contributed by atoms with E-state index in [-0.39, 0.29) is 6.10 Å². The molecule has 17 heavy (non-hydrogen) atoms. The topological polar surface area (TPSA) is 69.6 Å². The summed E-state index contributed by atoms with van der Waals surface area (Å²) in [7, 11) is 0. The minimum atomic E-state index is -0.833. The Morgan fingerprint density at radius 2 is 2.00 bits per heavy atom. The van der Waals surface area contributed by atoms with Crippen LogP contribution in [0.4, 0.5) is 0 Å². The largest absolute Gasteiger partial charge is 0.481 e. The molecule has 0 saturated carbocycles. The summed E-state index contributed by atoms with van der Waals surface area (Å²) in [5.41, 5.74) is 0.796. The molecule has 0 spiro atoms. The summed E-state index contributed by atoms with van der Waals surface area (Å²) in [6.07, 6.45) is 0.267. The van der Waals surface area contributed by atoms with E-state index in [9.17, 15) is 4.79 Å². The molecular weight excluding hydrogens is 218 g/mol. The third-order valence-corrected chi connectivity index (χ3v) is 2.59. The van der Waals surface area contributed by atoms with Crippen LogP contribution < -0.4 is 5.32 Å². The van der Waals surface area contributed by atoms with Gasteiger partial charge in [-0.2, -0.15) is 0 Å². The van der Waals surface area contributed by atoms with E-state index in [1.54, 1.807) is 6.92 Å². The number of aliphatic hydroxyl groups excluding tert-OH is 1. The Hall–Kier alpha value is -1.39. The van der Waals surface area contributed by atoms with E-state index in [1.165, 1.54) is 0 Å². The fourth-order valence-electron chi connectivity index (χ4n) is 1.59. The third kappa shape index (κ3) is 4.97. The van der Waals surface area contributed by atoms with Crippen molar-refractivity contribution in [2.45, 2.75) is 25.4 Å². The highest BCUT2D eigenvalue weighted by atomic mass is 16.4. The van der Waals surface area contributed by atoms with Crippen molar-refractivity contribution in [3.63, 3.8) is 0 Å². The van der Waals surface area contributed by atoms with Gasteiger partial charge in [0.1, 0.15) is 0 Å². The van der Waals surface area contributed by atoms with E-state index in [1.807, 2.05) is 30.3 Å². The molecule has 0 bridgehead atoms. The van der Waals surface area contributed by atoms with Gasteiger partial charge in [-0.15, -0.1) is 0 Å². The highest BCUT2D eigenvalue weighted by Gasteiger charge is 2.18. The van der Waals surface area contributed by atoms with Crippen molar-refractivity contribution >= 4 is 5.97 Å². The molecule has 0 heterocycles. The summed E-state index contributed by atoms with van der Waals surface area (Å²) in [6.45, 7) is 2.72. The maximum Gasteiger partial charge on any atom is 0.312 e. The molecule has 3 N–H and O–H groups in total. The normalized spacial score (nSPS) is 14.2. The van der Waals surface area contributed by atoms with E-state index >= 15 is 0 Å². The summed E-state index contributed by atoms with van der Waals surface area (Å²) in [5, 5.41) is 21.3. The second-order valence-electron chi connectivity index (χ2n) is 4.14. The highest BCUT2D eigenvalue weighted by molar-refractivity contribution is 5.76. The van der Waals surface area contributed by atoms with Crippen molar-refractivity contribution in [2.24, 2.45) is 0 Å². The number of hydrogen-bond acceptors (Lipinski definition) is 3. The van der Waals surface area contributed by atoms with Gasteiger partial charge in [-0.25, -0.2) is 0 Å². The molecule has 1 aromatic carbocycles. The Labute approximate surface area is 101 Å². The Balaban J connectivity index is 2.48. The molecule has 0 fully saturated rings. The lowest BCUT2D eigenvalue weighted by molar-refractivity contribution is -0.138. The molecule has 0 amide bonds. The minimum Gasteiger partial charge on any atom is -0.481 e. The summed E-state index contributed by atoms with van der Waals surface area (Å²) >= 11 is 0. The van der Waals surface area contributed by atoms with E-state index < -0.39 is 11.9 Å². The van der Waals surface area contributed by atoms with Gasteiger partial charge < -0.3 is 15.5 Å². The number of carboxylic acid groups (broad SMARTS) is 1. The van der Waals surface area contributed by atoms with Crippen LogP contribution in [0.5, 0.6) is 0 Å². The van der Waals surface area contributed by atoms with Crippen molar-refractivity contribution in [3.05, 3.63) is 35.9 Å². The van der Waals surface area contributed by atoms with Gasteiger partial charge in [-0.05, 0) is 25.5 Å². The first-order chi connectivity index (χ1) is 8.11. The second-order valence-corrected chi connectivity index (χ2v) is 4.14. The van der Waals surface area contributed by atoms with Crippen LogP contribution in [-0.4, -0.2) is 35.4 Å². The molecular formula is C13H19NO3. The monoisotopic (exact) mass is 237 g/mol. The van der Waals surface area contributed by atoms with Gasteiger partial charge in [0.05, 0.1) is 12.0 Å². The van der Waals surface area contributed by atoms with Crippen molar-refractivity contribution in [3.8, 4) is 0 Å². The Bertz CT molecular complexity index is 338. The number of benzene rings is 1. The van der Waals surface area contributed by atoms with Crippen LogP contribution >= 0.6 is 0 Å². The zero-order valence-corrected chi connectivity index (χ0v) is 9.97. The lowest BCUT2D eigenvalue weighted by Crippen LogP contribution is -2.28. The molecule has 0 saturated heterocycles. The van der Waals surface area contributed by atoms with E-state index in [2.05, 4.69) is 5.32 Å². The van der Waals surface area contributed by atoms with Crippen molar-refractivity contribution in [1.82, 2.24) is 5.32 Å². The zero-order valence-electron chi connectivity index (χ0n) is 9.97. The number of carboxylic acids is 1. The van der Waals surface area contributed by atoms with Gasteiger partial charge in [0.25, 0.3) is 0 Å². The number of hydrogen-bond donors (Lipinski definition) is 3. The molecule has 0 aliphatic carbocycles. The zero-order chi connectivity index (χ0) is 12.7. The van der Waals surface area contributed by atoms with Crippen molar-refractivity contribution in [1.29, 1.82) is 0 Å². The maximum atomic E-state index is 11.1. The lowest BCUT2D eigenvalue weighted by atomic mass is 9.99. The van der Waals surface area contributed by atoms with Crippen LogP contribution in [-0.2, 0) is 4.79 Å². The van der Waals surface area contributed by atoms with Crippen LogP contribution in [0.2, 0.25) is 0 Å². The molecule has 1 aromatic rings. The SMILES string of the molecule is CC(O)CCNCC(C(=O)O)c1ccccc1. The molecule has 0 aromatic heterocycles. The van der Waals surface area contributed by atoms with Gasteiger partial charge in [-0.3, -0.25) is 4.79 Å². The van der Waals surface area contributed by atoms with Gasteiger partial charge in [0, 0.05) is 6.54 Å². The predicted molar refractivity (Wildman–Crippen MR) is 66.0 cm³/mol. The molecule has 4 nitrogen and oxygen atoms in total. The summed E-state index contributed by atoms with van der Waals surface area (Å²) < 4.78 is 0. The molecule has 0 radical (unpaired) electrons.